The highest BCUT2D eigenvalue weighted by Gasteiger charge is 2.28. The van der Waals surface area contributed by atoms with E-state index in [0.29, 0.717) is 12.8 Å². The molecule has 0 saturated carbocycles. The number of rotatable bonds is 3. The van der Waals surface area contributed by atoms with Crippen LogP contribution in [0, 0.1) is 13.8 Å². The molecule has 0 spiro atoms. The van der Waals surface area contributed by atoms with Crippen molar-refractivity contribution < 1.29 is 9.53 Å². The highest BCUT2D eigenvalue weighted by molar-refractivity contribution is 5.86. The van der Waals surface area contributed by atoms with Crippen LogP contribution < -0.4 is 4.74 Å². The van der Waals surface area contributed by atoms with Crippen LogP contribution in [0.15, 0.2) is 42.5 Å². The summed E-state index contributed by atoms with van der Waals surface area (Å²) in [6, 6.07) is 14.1. The average Bonchev–Trinajstić information content (AvgIpc) is 2.87. The van der Waals surface area contributed by atoms with Gasteiger partial charge in [-0.15, -0.1) is 0 Å². The zero-order chi connectivity index (χ0) is 14.1. The van der Waals surface area contributed by atoms with Crippen molar-refractivity contribution in [2.24, 2.45) is 0 Å². The van der Waals surface area contributed by atoms with E-state index in [1.165, 1.54) is 11.1 Å². The molecule has 1 heterocycles. The molecule has 0 radical (unpaired) electrons. The van der Waals surface area contributed by atoms with Crippen molar-refractivity contribution in [1.29, 1.82) is 0 Å². The van der Waals surface area contributed by atoms with Gasteiger partial charge in [0.2, 0.25) is 0 Å². The summed E-state index contributed by atoms with van der Waals surface area (Å²) in [4.78, 5) is 12.4. The van der Waals surface area contributed by atoms with Crippen LogP contribution in [0.25, 0.3) is 0 Å². The van der Waals surface area contributed by atoms with Gasteiger partial charge in [-0.1, -0.05) is 36.4 Å². The van der Waals surface area contributed by atoms with E-state index in [0.717, 1.165) is 16.9 Å². The van der Waals surface area contributed by atoms with Gasteiger partial charge in [-0.25, -0.2) is 0 Å². The smallest absolute Gasteiger partial charge is 0.177 e. The second-order valence-corrected chi connectivity index (χ2v) is 5.48. The normalized spacial score (nSPS) is 16.6. The molecule has 1 atom stereocenters. The maximum absolute atomic E-state index is 12.4. The third kappa shape index (κ3) is 2.46. The second kappa shape index (κ2) is 5.12. The molecule has 3 rings (SSSR count). The fourth-order valence-electron chi connectivity index (χ4n) is 2.59. The molecule has 102 valence electrons. The molecule has 0 aliphatic carbocycles. The monoisotopic (exact) mass is 266 g/mol. The summed E-state index contributed by atoms with van der Waals surface area (Å²) in [7, 11) is 0. The van der Waals surface area contributed by atoms with Gasteiger partial charge in [-0.2, -0.15) is 0 Å². The van der Waals surface area contributed by atoms with Crippen molar-refractivity contribution in [1.82, 2.24) is 0 Å². The summed E-state index contributed by atoms with van der Waals surface area (Å²) in [5, 5.41) is 0. The minimum Gasteiger partial charge on any atom is -0.482 e. The van der Waals surface area contributed by atoms with Crippen LogP contribution in [-0.4, -0.2) is 11.9 Å². The van der Waals surface area contributed by atoms with E-state index in [-0.39, 0.29) is 11.9 Å². The fraction of sp³-hybridized carbons (Fsp3) is 0.278. The molecule has 0 amide bonds. The molecular formula is C18H18O2. The van der Waals surface area contributed by atoms with Crippen LogP contribution in [-0.2, 0) is 17.6 Å². The zero-order valence-corrected chi connectivity index (χ0v) is 11.8. The Morgan fingerprint density at radius 2 is 1.95 bits per heavy atom. The number of Topliss-reactive ketones (excluding diaryl/α,β-unsaturated/α-hetero) is 1. The van der Waals surface area contributed by atoms with E-state index >= 15 is 0 Å². The van der Waals surface area contributed by atoms with Crippen molar-refractivity contribution in [3.05, 3.63) is 64.7 Å². The van der Waals surface area contributed by atoms with E-state index < -0.39 is 0 Å². The van der Waals surface area contributed by atoms with Crippen molar-refractivity contribution >= 4 is 5.78 Å². The molecule has 1 aliphatic heterocycles. The Morgan fingerprint density at radius 3 is 2.70 bits per heavy atom. The molecule has 1 unspecified atom stereocenters. The third-order valence-electron chi connectivity index (χ3n) is 3.96. The van der Waals surface area contributed by atoms with E-state index in [4.69, 9.17) is 4.74 Å². The lowest BCUT2D eigenvalue weighted by molar-refractivity contribution is -0.124. The van der Waals surface area contributed by atoms with E-state index in [2.05, 4.69) is 26.0 Å². The predicted octanol–water partition coefficient (Wildman–Crippen LogP) is 3.42. The average molecular weight is 266 g/mol. The van der Waals surface area contributed by atoms with Crippen LogP contribution in [0.1, 0.15) is 22.3 Å². The molecule has 0 saturated heterocycles. The maximum Gasteiger partial charge on any atom is 0.177 e. The summed E-state index contributed by atoms with van der Waals surface area (Å²) in [6.07, 6.45) is 0.814. The van der Waals surface area contributed by atoms with Gasteiger partial charge in [0, 0.05) is 12.8 Å². The molecule has 0 aromatic heterocycles. The largest absolute Gasteiger partial charge is 0.482 e. The first-order valence-corrected chi connectivity index (χ1v) is 6.97. The molecule has 2 aromatic rings. The summed E-state index contributed by atoms with van der Waals surface area (Å²) >= 11 is 0. The SMILES string of the molecule is Cc1ccc(CC(=O)C2Cc3ccccc3O2)cc1C. The number of carbonyl (C=O) groups is 1. The molecule has 2 aromatic carbocycles. The van der Waals surface area contributed by atoms with E-state index in [1.54, 1.807) is 0 Å². The van der Waals surface area contributed by atoms with E-state index in [1.807, 2.05) is 30.3 Å². The molecule has 1 aliphatic rings. The van der Waals surface area contributed by atoms with Crippen LogP contribution in [0.3, 0.4) is 0 Å². The first kappa shape index (κ1) is 12.9. The predicted molar refractivity (Wildman–Crippen MR) is 79.2 cm³/mol. The molecule has 0 bridgehead atoms. The number of aryl methyl sites for hydroxylation is 2. The van der Waals surface area contributed by atoms with Gasteiger partial charge in [0.05, 0.1) is 0 Å². The number of ether oxygens (including phenoxy) is 1. The minimum atomic E-state index is -0.325. The fourth-order valence-corrected chi connectivity index (χ4v) is 2.59. The third-order valence-corrected chi connectivity index (χ3v) is 3.96. The van der Waals surface area contributed by atoms with Gasteiger partial charge < -0.3 is 4.74 Å². The van der Waals surface area contributed by atoms with Crippen molar-refractivity contribution in [2.75, 3.05) is 0 Å². The summed E-state index contributed by atoms with van der Waals surface area (Å²) < 4.78 is 5.75. The van der Waals surface area contributed by atoms with Gasteiger partial charge in [0.1, 0.15) is 5.75 Å². The number of para-hydroxylation sites is 1. The lowest BCUT2D eigenvalue weighted by atomic mass is 9.99. The number of hydrogen-bond acceptors (Lipinski definition) is 2. The number of benzene rings is 2. The van der Waals surface area contributed by atoms with Gasteiger partial charge in [0.25, 0.3) is 0 Å². The topological polar surface area (TPSA) is 26.3 Å². The van der Waals surface area contributed by atoms with Crippen LogP contribution in [0.4, 0.5) is 0 Å². The van der Waals surface area contributed by atoms with E-state index in [9.17, 15) is 4.79 Å². The van der Waals surface area contributed by atoms with Crippen molar-refractivity contribution in [3.63, 3.8) is 0 Å². The Hall–Kier alpha value is -2.09. The molecular weight excluding hydrogens is 248 g/mol. The van der Waals surface area contributed by atoms with Gasteiger partial charge in [0.15, 0.2) is 11.9 Å². The first-order chi connectivity index (χ1) is 9.63. The molecule has 2 nitrogen and oxygen atoms in total. The number of fused-ring (bicyclic) bond motifs is 1. The first-order valence-electron chi connectivity index (χ1n) is 6.97. The summed E-state index contributed by atoms with van der Waals surface area (Å²) in [6.45, 7) is 4.16. The molecule has 0 N–H and O–H groups in total. The standard InChI is InChI=1S/C18H18O2/c1-12-7-8-14(9-13(12)2)10-16(19)18-11-15-5-3-4-6-17(15)20-18/h3-9,18H,10-11H2,1-2H3. The van der Waals surface area contributed by atoms with Crippen molar-refractivity contribution in [2.45, 2.75) is 32.8 Å². The number of carbonyl (C=O) groups excluding carboxylic acids is 1. The summed E-state index contributed by atoms with van der Waals surface area (Å²) in [5.41, 5.74) is 4.68. The summed E-state index contributed by atoms with van der Waals surface area (Å²) in [5.74, 6) is 1.01. The molecule has 20 heavy (non-hydrogen) atoms. The maximum atomic E-state index is 12.4. The van der Waals surface area contributed by atoms with Gasteiger partial charge >= 0.3 is 0 Å². The lowest BCUT2D eigenvalue weighted by Gasteiger charge is -2.10. The Kier molecular flexibility index (Phi) is 3.31. The second-order valence-electron chi connectivity index (χ2n) is 5.48. The Bertz CT molecular complexity index is 633. The number of ketones is 1. The lowest BCUT2D eigenvalue weighted by Crippen LogP contribution is -2.26. The quantitative estimate of drug-likeness (QED) is 0.851. The molecule has 0 fully saturated rings. The highest BCUT2D eigenvalue weighted by atomic mass is 16.5. The van der Waals surface area contributed by atoms with Gasteiger partial charge in [-0.05, 0) is 42.2 Å². The Morgan fingerprint density at radius 1 is 1.15 bits per heavy atom. The molecule has 2 heteroatoms. The van der Waals surface area contributed by atoms with Crippen LogP contribution in [0.2, 0.25) is 0 Å². The number of hydrogen-bond donors (Lipinski definition) is 0. The Labute approximate surface area is 119 Å². The Balaban J connectivity index is 1.71. The van der Waals surface area contributed by atoms with Crippen LogP contribution in [0.5, 0.6) is 5.75 Å². The minimum absolute atomic E-state index is 0.157. The highest BCUT2D eigenvalue weighted by Crippen LogP contribution is 2.29. The van der Waals surface area contributed by atoms with Crippen molar-refractivity contribution in [3.8, 4) is 5.75 Å². The van der Waals surface area contributed by atoms with Crippen LogP contribution >= 0.6 is 0 Å². The zero-order valence-electron chi connectivity index (χ0n) is 11.8. The van der Waals surface area contributed by atoms with Gasteiger partial charge in [-0.3, -0.25) is 4.79 Å².